The van der Waals surface area contributed by atoms with E-state index in [9.17, 15) is 9.59 Å². The minimum atomic E-state index is -0.295. The van der Waals surface area contributed by atoms with Gasteiger partial charge in [-0.1, -0.05) is 0 Å². The van der Waals surface area contributed by atoms with E-state index in [0.717, 1.165) is 37.0 Å². The van der Waals surface area contributed by atoms with Crippen LogP contribution >= 0.6 is 0 Å². The van der Waals surface area contributed by atoms with Gasteiger partial charge in [0, 0.05) is 0 Å². The van der Waals surface area contributed by atoms with E-state index in [1.807, 2.05) is 0 Å². The van der Waals surface area contributed by atoms with Crippen LogP contribution in [0.2, 0.25) is 0 Å². The first kappa shape index (κ1) is 11.4. The third-order valence-electron chi connectivity index (χ3n) is 5.51. The molecular weight excluding hydrogens is 212 g/mol. The normalized spacial score (nSPS) is 43.1. The first-order valence-electron chi connectivity index (χ1n) is 7.01. The molecule has 0 aromatic rings. The van der Waals surface area contributed by atoms with Crippen molar-refractivity contribution in [3.05, 3.63) is 0 Å². The van der Waals surface area contributed by atoms with Gasteiger partial charge in [-0.15, -0.1) is 0 Å². The monoisotopic (exact) mass is 234 g/mol. The number of hydrogen-bond acceptors (Lipinski definition) is 2. The van der Waals surface area contributed by atoms with Gasteiger partial charge in [0.1, 0.15) is 11.6 Å². The van der Waals surface area contributed by atoms with Crippen LogP contribution in [0.15, 0.2) is 0 Å². The minimum Gasteiger partial charge on any atom is -0.299 e. The topological polar surface area (TPSA) is 34.1 Å². The van der Waals surface area contributed by atoms with Gasteiger partial charge in [-0.25, -0.2) is 0 Å². The molecule has 0 atom stereocenters. The summed E-state index contributed by atoms with van der Waals surface area (Å²) in [5.74, 6) is 2.35. The Kier molecular flexibility index (Phi) is 2.46. The highest BCUT2D eigenvalue weighted by Crippen LogP contribution is 2.62. The molecule has 2 nitrogen and oxygen atoms in total. The largest absolute Gasteiger partial charge is 0.299 e. The van der Waals surface area contributed by atoms with Crippen LogP contribution in [0, 0.1) is 29.1 Å². The van der Waals surface area contributed by atoms with E-state index in [0.29, 0.717) is 0 Å². The molecule has 0 aromatic carbocycles. The highest BCUT2D eigenvalue weighted by atomic mass is 16.1. The SMILES string of the molecule is CC(=O)C(C(C)=O)C12CC3CC(CC(C3)C1)C2. The number of ketones is 2. The zero-order valence-corrected chi connectivity index (χ0v) is 10.9. The van der Waals surface area contributed by atoms with Crippen molar-refractivity contribution >= 4 is 11.6 Å². The third-order valence-corrected chi connectivity index (χ3v) is 5.51. The highest BCUT2D eigenvalue weighted by Gasteiger charge is 2.56. The number of hydrogen-bond donors (Lipinski definition) is 0. The molecule has 4 aliphatic carbocycles. The Balaban J connectivity index is 1.95. The molecule has 4 rings (SSSR count). The van der Waals surface area contributed by atoms with Crippen molar-refractivity contribution in [3.63, 3.8) is 0 Å². The summed E-state index contributed by atoms with van der Waals surface area (Å²) in [6.45, 7) is 3.23. The molecular formula is C15H22O2. The van der Waals surface area contributed by atoms with E-state index >= 15 is 0 Å². The Bertz CT molecular complexity index is 320. The molecule has 4 saturated carbocycles. The fraction of sp³-hybridized carbons (Fsp3) is 0.867. The summed E-state index contributed by atoms with van der Waals surface area (Å²) in [5, 5.41) is 0. The lowest BCUT2D eigenvalue weighted by molar-refractivity contribution is -0.148. The van der Waals surface area contributed by atoms with Crippen molar-refractivity contribution in [1.29, 1.82) is 0 Å². The van der Waals surface area contributed by atoms with Gasteiger partial charge in [-0.2, -0.15) is 0 Å². The van der Waals surface area contributed by atoms with Gasteiger partial charge in [0.2, 0.25) is 0 Å². The fourth-order valence-corrected chi connectivity index (χ4v) is 5.68. The molecule has 0 aliphatic heterocycles. The Morgan fingerprint density at radius 3 is 1.53 bits per heavy atom. The van der Waals surface area contributed by atoms with Crippen LogP contribution in [0.3, 0.4) is 0 Å². The molecule has 0 saturated heterocycles. The van der Waals surface area contributed by atoms with Crippen LogP contribution in [0.1, 0.15) is 52.4 Å². The van der Waals surface area contributed by atoms with Gasteiger partial charge in [0.25, 0.3) is 0 Å². The molecule has 0 aromatic heterocycles. The van der Waals surface area contributed by atoms with Gasteiger partial charge < -0.3 is 0 Å². The molecule has 94 valence electrons. The van der Waals surface area contributed by atoms with Crippen molar-refractivity contribution in [2.75, 3.05) is 0 Å². The first-order chi connectivity index (χ1) is 8.00. The zero-order valence-electron chi connectivity index (χ0n) is 10.9. The van der Waals surface area contributed by atoms with Crippen LogP contribution in [0.25, 0.3) is 0 Å². The number of rotatable bonds is 3. The lowest BCUT2D eigenvalue weighted by atomic mass is 9.45. The second-order valence-electron chi connectivity index (χ2n) is 6.93. The highest BCUT2D eigenvalue weighted by molar-refractivity contribution is 6.01. The minimum absolute atomic E-state index is 0.0619. The van der Waals surface area contributed by atoms with E-state index in [1.54, 1.807) is 13.8 Å². The van der Waals surface area contributed by atoms with Gasteiger partial charge >= 0.3 is 0 Å². The summed E-state index contributed by atoms with van der Waals surface area (Å²) in [6, 6.07) is 0. The van der Waals surface area contributed by atoms with Gasteiger partial charge in [-0.05, 0) is 75.5 Å². The average Bonchev–Trinajstić information content (AvgIpc) is 2.11. The fourth-order valence-electron chi connectivity index (χ4n) is 5.68. The number of Topliss-reactive ketones (excluding diaryl/α,β-unsaturated/α-hetero) is 2. The van der Waals surface area contributed by atoms with E-state index in [-0.39, 0.29) is 22.9 Å². The maximum absolute atomic E-state index is 11.9. The van der Waals surface area contributed by atoms with Crippen LogP contribution in [-0.2, 0) is 9.59 Å². The predicted octanol–water partition coefficient (Wildman–Crippen LogP) is 3.00. The van der Waals surface area contributed by atoms with Gasteiger partial charge in [0.05, 0.1) is 5.92 Å². The van der Waals surface area contributed by atoms with E-state index in [2.05, 4.69) is 0 Å². The summed E-state index contributed by atoms with van der Waals surface area (Å²) in [6.07, 6.45) is 7.51. The second-order valence-corrected chi connectivity index (χ2v) is 6.93. The van der Waals surface area contributed by atoms with Crippen LogP contribution in [-0.4, -0.2) is 11.6 Å². The summed E-state index contributed by atoms with van der Waals surface area (Å²) < 4.78 is 0. The molecule has 0 N–H and O–H groups in total. The maximum Gasteiger partial charge on any atom is 0.140 e. The molecule has 0 unspecified atom stereocenters. The van der Waals surface area contributed by atoms with Crippen LogP contribution in [0.5, 0.6) is 0 Å². The van der Waals surface area contributed by atoms with Crippen molar-refractivity contribution in [2.45, 2.75) is 52.4 Å². The molecule has 4 bridgehead atoms. The van der Waals surface area contributed by atoms with E-state index < -0.39 is 0 Å². The Labute approximate surface area is 103 Å². The second kappa shape index (κ2) is 3.66. The summed E-state index contributed by atoms with van der Waals surface area (Å²) >= 11 is 0. The first-order valence-corrected chi connectivity index (χ1v) is 7.01. The number of carbonyl (C=O) groups excluding carboxylic acids is 2. The van der Waals surface area contributed by atoms with E-state index in [1.165, 1.54) is 19.3 Å². The molecule has 0 radical (unpaired) electrons. The molecule has 0 amide bonds. The maximum atomic E-state index is 11.9. The van der Waals surface area contributed by atoms with Crippen molar-refractivity contribution < 1.29 is 9.59 Å². The van der Waals surface area contributed by atoms with Crippen LogP contribution < -0.4 is 0 Å². The Morgan fingerprint density at radius 1 is 0.882 bits per heavy atom. The summed E-state index contributed by atoms with van der Waals surface area (Å²) in [4.78, 5) is 23.8. The predicted molar refractivity (Wildman–Crippen MR) is 65.5 cm³/mol. The van der Waals surface area contributed by atoms with Gasteiger partial charge in [0.15, 0.2) is 0 Å². The van der Waals surface area contributed by atoms with E-state index in [4.69, 9.17) is 0 Å². The lowest BCUT2D eigenvalue weighted by Gasteiger charge is -2.58. The molecule has 4 fully saturated rings. The Hall–Kier alpha value is -0.660. The third kappa shape index (κ3) is 1.68. The number of carbonyl (C=O) groups is 2. The van der Waals surface area contributed by atoms with Crippen molar-refractivity contribution in [2.24, 2.45) is 29.1 Å². The standard InChI is InChI=1S/C15H22O2/c1-9(16)14(10(2)17)15-6-11-3-12(7-15)5-13(4-11)8-15/h11-14H,3-8H2,1-2H3. The van der Waals surface area contributed by atoms with Crippen molar-refractivity contribution in [3.8, 4) is 0 Å². The van der Waals surface area contributed by atoms with Gasteiger partial charge in [-0.3, -0.25) is 9.59 Å². The lowest BCUT2D eigenvalue weighted by Crippen LogP contribution is -2.52. The quantitative estimate of drug-likeness (QED) is 0.703. The zero-order chi connectivity index (χ0) is 12.2. The molecule has 4 aliphatic rings. The molecule has 0 heterocycles. The molecule has 0 spiro atoms. The summed E-state index contributed by atoms with van der Waals surface area (Å²) in [7, 11) is 0. The summed E-state index contributed by atoms with van der Waals surface area (Å²) in [5.41, 5.74) is 0.0619. The Morgan fingerprint density at radius 2 is 1.24 bits per heavy atom. The average molecular weight is 234 g/mol. The smallest absolute Gasteiger partial charge is 0.140 e. The van der Waals surface area contributed by atoms with Crippen LogP contribution in [0.4, 0.5) is 0 Å². The molecule has 17 heavy (non-hydrogen) atoms. The molecule has 2 heteroatoms. The van der Waals surface area contributed by atoms with Crippen molar-refractivity contribution in [1.82, 2.24) is 0 Å².